The van der Waals surface area contributed by atoms with Crippen molar-refractivity contribution in [2.24, 2.45) is 0 Å². The second-order valence-electron chi connectivity index (χ2n) is 6.26. The van der Waals surface area contributed by atoms with E-state index >= 15 is 0 Å². The van der Waals surface area contributed by atoms with Gasteiger partial charge in [-0.3, -0.25) is 24.5 Å². The van der Waals surface area contributed by atoms with Gasteiger partial charge in [0.2, 0.25) is 0 Å². The van der Waals surface area contributed by atoms with Crippen LogP contribution in [0.4, 0.5) is 5.69 Å². The van der Waals surface area contributed by atoms with Crippen molar-refractivity contribution in [2.75, 3.05) is 13.2 Å². The van der Waals surface area contributed by atoms with Gasteiger partial charge in [0.25, 0.3) is 17.5 Å². The Balaban J connectivity index is 2.57. The monoisotopic (exact) mass is 399 g/mol. The van der Waals surface area contributed by atoms with Crippen LogP contribution in [-0.2, 0) is 14.3 Å². The summed E-state index contributed by atoms with van der Waals surface area (Å²) in [5, 5.41) is 13.0. The first-order valence-corrected chi connectivity index (χ1v) is 8.61. The number of amides is 2. The van der Waals surface area contributed by atoms with Crippen LogP contribution in [0.5, 0.6) is 0 Å². The van der Waals surface area contributed by atoms with E-state index < -0.39 is 35.6 Å². The molecule has 0 spiro atoms. The van der Waals surface area contributed by atoms with Crippen LogP contribution in [0.3, 0.4) is 0 Å². The minimum Gasteiger partial charge on any atom is -0.454 e. The zero-order valence-electron chi connectivity index (χ0n) is 15.5. The molecule has 0 aliphatic heterocycles. The fourth-order valence-corrected chi connectivity index (χ4v) is 2.67. The lowest BCUT2D eigenvalue weighted by Gasteiger charge is -2.30. The average Bonchev–Trinajstić information content (AvgIpc) is 2.57. The van der Waals surface area contributed by atoms with Gasteiger partial charge in [-0.05, 0) is 39.8 Å². The molecule has 0 saturated heterocycles. The Morgan fingerprint density at radius 1 is 1.22 bits per heavy atom. The zero-order valence-corrected chi connectivity index (χ0v) is 16.3. The Kier molecular flexibility index (Phi) is 8.17. The van der Waals surface area contributed by atoms with Crippen LogP contribution in [0.15, 0.2) is 18.2 Å². The molecule has 0 heterocycles. The van der Waals surface area contributed by atoms with Gasteiger partial charge in [0.05, 0.1) is 4.92 Å². The van der Waals surface area contributed by atoms with Gasteiger partial charge in [0.15, 0.2) is 6.61 Å². The van der Waals surface area contributed by atoms with Gasteiger partial charge in [0, 0.05) is 23.7 Å². The highest BCUT2D eigenvalue weighted by atomic mass is 35.5. The summed E-state index contributed by atoms with van der Waals surface area (Å²) in [5.74, 6) is -1.84. The number of esters is 1. The number of nitro groups is 1. The van der Waals surface area contributed by atoms with E-state index in [0.717, 1.165) is 6.07 Å². The molecule has 0 aliphatic carbocycles. The van der Waals surface area contributed by atoms with Gasteiger partial charge in [-0.1, -0.05) is 11.6 Å². The molecule has 1 N–H and O–H groups in total. The molecule has 0 bridgehead atoms. The number of hydrogen-bond donors (Lipinski definition) is 1. The van der Waals surface area contributed by atoms with Crippen molar-refractivity contribution in [1.82, 2.24) is 10.2 Å². The molecule has 0 fully saturated rings. The smallest absolute Gasteiger partial charge is 0.325 e. The molecular weight excluding hydrogens is 378 g/mol. The van der Waals surface area contributed by atoms with Crippen LogP contribution in [0, 0.1) is 10.1 Å². The number of nitrogens with one attached hydrogen (secondary N) is 1. The van der Waals surface area contributed by atoms with E-state index in [1.54, 1.807) is 4.90 Å². The fourth-order valence-electron chi connectivity index (χ4n) is 2.49. The lowest BCUT2D eigenvalue weighted by molar-refractivity contribution is -0.384. The van der Waals surface area contributed by atoms with Crippen LogP contribution in [0.1, 0.15) is 38.1 Å². The third-order valence-corrected chi connectivity index (χ3v) is 3.88. The first-order chi connectivity index (χ1) is 12.5. The predicted molar refractivity (Wildman–Crippen MR) is 98.5 cm³/mol. The molecule has 1 aromatic carbocycles. The summed E-state index contributed by atoms with van der Waals surface area (Å²) in [6.45, 7) is 6.50. The number of benzene rings is 1. The van der Waals surface area contributed by atoms with Crippen molar-refractivity contribution < 1.29 is 24.0 Å². The second kappa shape index (κ2) is 9.86. The SMILES string of the molecule is CC(C)N(C(=O)COC(=O)CNC(=O)c1ccc(Cl)c([N+](=O)[O-])c1)C(C)C. The third-order valence-electron chi connectivity index (χ3n) is 3.56. The minimum absolute atomic E-state index is 0.0271. The van der Waals surface area contributed by atoms with E-state index in [1.165, 1.54) is 12.1 Å². The van der Waals surface area contributed by atoms with E-state index in [-0.39, 0.29) is 28.6 Å². The molecule has 9 nitrogen and oxygen atoms in total. The van der Waals surface area contributed by atoms with Gasteiger partial charge in [-0.15, -0.1) is 0 Å². The Labute approximate surface area is 161 Å². The van der Waals surface area contributed by atoms with Crippen LogP contribution in [-0.4, -0.2) is 52.8 Å². The van der Waals surface area contributed by atoms with E-state index in [0.29, 0.717) is 0 Å². The molecule has 0 atom stereocenters. The molecule has 2 amide bonds. The number of halogens is 1. The number of carbonyl (C=O) groups excluding carboxylic acids is 3. The van der Waals surface area contributed by atoms with Crippen molar-refractivity contribution in [3.63, 3.8) is 0 Å². The van der Waals surface area contributed by atoms with E-state index in [2.05, 4.69) is 5.32 Å². The molecule has 10 heteroatoms. The molecule has 148 valence electrons. The number of ether oxygens (including phenoxy) is 1. The van der Waals surface area contributed by atoms with Crippen LogP contribution in [0.25, 0.3) is 0 Å². The van der Waals surface area contributed by atoms with Crippen molar-refractivity contribution >= 4 is 35.1 Å². The van der Waals surface area contributed by atoms with Crippen LogP contribution < -0.4 is 5.32 Å². The normalized spacial score (nSPS) is 10.6. The van der Waals surface area contributed by atoms with E-state index in [9.17, 15) is 24.5 Å². The maximum atomic E-state index is 12.1. The summed E-state index contributed by atoms with van der Waals surface area (Å²) in [7, 11) is 0. The standard InChI is InChI=1S/C17H22ClN3O6/c1-10(2)20(11(3)4)15(22)9-27-16(23)8-19-17(24)12-5-6-13(18)14(7-12)21(25)26/h5-7,10-11H,8-9H2,1-4H3,(H,19,24). The number of rotatable bonds is 8. The maximum Gasteiger partial charge on any atom is 0.325 e. The molecule has 0 unspecified atom stereocenters. The molecule has 0 saturated carbocycles. The van der Waals surface area contributed by atoms with Gasteiger partial charge in [-0.2, -0.15) is 0 Å². The second-order valence-corrected chi connectivity index (χ2v) is 6.66. The first kappa shape index (κ1) is 22.4. The predicted octanol–water partition coefficient (Wildman–Crippen LogP) is 2.17. The average molecular weight is 400 g/mol. The number of hydrogen-bond acceptors (Lipinski definition) is 6. The van der Waals surface area contributed by atoms with Crippen molar-refractivity contribution in [3.8, 4) is 0 Å². The Bertz CT molecular complexity index is 727. The molecule has 0 aliphatic rings. The molecule has 27 heavy (non-hydrogen) atoms. The van der Waals surface area contributed by atoms with Gasteiger partial charge in [-0.25, -0.2) is 0 Å². The minimum atomic E-state index is -0.798. The summed E-state index contributed by atoms with van der Waals surface area (Å²) in [5.41, 5.74) is -0.444. The highest BCUT2D eigenvalue weighted by molar-refractivity contribution is 6.32. The largest absolute Gasteiger partial charge is 0.454 e. The molecule has 0 aromatic heterocycles. The highest BCUT2D eigenvalue weighted by Gasteiger charge is 2.22. The maximum absolute atomic E-state index is 12.1. The summed E-state index contributed by atoms with van der Waals surface area (Å²) in [6, 6.07) is 3.43. The zero-order chi connectivity index (χ0) is 20.7. The quantitative estimate of drug-likeness (QED) is 0.406. The van der Waals surface area contributed by atoms with Crippen molar-refractivity contribution in [1.29, 1.82) is 0 Å². The molecular formula is C17H22ClN3O6. The summed E-state index contributed by atoms with van der Waals surface area (Å²) in [4.78, 5) is 47.6. The summed E-state index contributed by atoms with van der Waals surface area (Å²) >= 11 is 5.68. The summed E-state index contributed by atoms with van der Waals surface area (Å²) in [6.07, 6.45) is 0. The van der Waals surface area contributed by atoms with Gasteiger partial charge >= 0.3 is 5.97 Å². The Morgan fingerprint density at radius 2 is 1.81 bits per heavy atom. The highest BCUT2D eigenvalue weighted by Crippen LogP contribution is 2.24. The van der Waals surface area contributed by atoms with Crippen LogP contribution in [0.2, 0.25) is 5.02 Å². The lowest BCUT2D eigenvalue weighted by Crippen LogP contribution is -2.44. The van der Waals surface area contributed by atoms with Crippen molar-refractivity contribution in [2.45, 2.75) is 39.8 Å². The topological polar surface area (TPSA) is 119 Å². The lowest BCUT2D eigenvalue weighted by atomic mass is 10.2. The third kappa shape index (κ3) is 6.52. The molecule has 0 radical (unpaired) electrons. The number of nitrogens with zero attached hydrogens (tertiary/aromatic N) is 2. The van der Waals surface area contributed by atoms with Crippen molar-refractivity contribution in [3.05, 3.63) is 38.9 Å². The summed E-state index contributed by atoms with van der Waals surface area (Å²) < 4.78 is 4.88. The Morgan fingerprint density at radius 3 is 2.33 bits per heavy atom. The van der Waals surface area contributed by atoms with Gasteiger partial charge in [0.1, 0.15) is 11.6 Å². The first-order valence-electron chi connectivity index (χ1n) is 8.23. The molecule has 1 rings (SSSR count). The Hall–Kier alpha value is -2.68. The number of nitro benzene ring substituents is 1. The van der Waals surface area contributed by atoms with E-state index in [1.807, 2.05) is 27.7 Å². The fraction of sp³-hybridized carbons (Fsp3) is 0.471. The molecule has 1 aromatic rings. The van der Waals surface area contributed by atoms with E-state index in [4.69, 9.17) is 16.3 Å². The van der Waals surface area contributed by atoms with Crippen LogP contribution >= 0.6 is 11.6 Å². The number of carbonyl (C=O) groups is 3. The van der Waals surface area contributed by atoms with Gasteiger partial charge < -0.3 is 15.0 Å².